The maximum absolute atomic E-state index is 12.2. The first-order chi connectivity index (χ1) is 11.5. The minimum atomic E-state index is -3.67. The second-order valence-corrected chi connectivity index (χ2v) is 8.63. The molecule has 24 heavy (non-hydrogen) atoms. The average molecular weight is 382 g/mol. The highest BCUT2D eigenvalue weighted by molar-refractivity contribution is 8.15. The van der Waals surface area contributed by atoms with Gasteiger partial charge in [-0.25, -0.2) is 18.4 Å². The molecule has 2 N–H and O–H groups in total. The van der Waals surface area contributed by atoms with E-state index < -0.39 is 10.0 Å². The summed E-state index contributed by atoms with van der Waals surface area (Å²) in [6.07, 6.45) is 2.26. The van der Waals surface area contributed by atoms with Crippen LogP contribution in [0.25, 0.3) is 0 Å². The van der Waals surface area contributed by atoms with Crippen molar-refractivity contribution in [2.75, 3.05) is 4.72 Å². The number of sulfonamides is 1. The summed E-state index contributed by atoms with van der Waals surface area (Å²) in [7, 11) is -3.67. The van der Waals surface area contributed by atoms with Crippen LogP contribution < -0.4 is 10.0 Å². The Morgan fingerprint density at radius 2 is 2.08 bits per heavy atom. The number of rotatable bonds is 5. The minimum absolute atomic E-state index is 0.0481. The molecule has 3 rings (SSSR count). The number of amides is 1. The maximum Gasteiger partial charge on any atom is 0.263 e. The Kier molecular flexibility index (Phi) is 4.88. The standard InChI is InChI=1S/C14H14N4O3S3/c1-2-11-12(19)17-14(23-11)16-9-3-5-10(6-4-9)24(20,21)18-13-15-7-8-22-13/h3-8,11H,2H2,1H3,(H,15,18)(H,16,17,19). The molecule has 1 aliphatic heterocycles. The molecule has 2 aromatic rings. The Morgan fingerprint density at radius 3 is 2.67 bits per heavy atom. The molecule has 1 aromatic heterocycles. The summed E-state index contributed by atoms with van der Waals surface area (Å²) < 4.78 is 26.9. The van der Waals surface area contributed by atoms with Gasteiger partial charge in [0, 0.05) is 11.6 Å². The first-order valence-electron chi connectivity index (χ1n) is 7.06. The summed E-state index contributed by atoms with van der Waals surface area (Å²) in [5.41, 5.74) is 0.572. The Balaban J connectivity index is 1.75. The molecule has 0 saturated carbocycles. The van der Waals surface area contributed by atoms with Gasteiger partial charge in [-0.1, -0.05) is 18.7 Å². The molecule has 0 aliphatic carbocycles. The number of nitrogens with zero attached hydrogens (tertiary/aromatic N) is 2. The van der Waals surface area contributed by atoms with Gasteiger partial charge in [0.1, 0.15) is 0 Å². The van der Waals surface area contributed by atoms with Crippen LogP contribution in [0.4, 0.5) is 10.8 Å². The Morgan fingerprint density at radius 1 is 1.33 bits per heavy atom. The van der Waals surface area contributed by atoms with Gasteiger partial charge >= 0.3 is 0 Å². The monoisotopic (exact) mass is 382 g/mol. The molecule has 10 heteroatoms. The first kappa shape index (κ1) is 16.9. The van der Waals surface area contributed by atoms with E-state index in [1.54, 1.807) is 17.5 Å². The molecule has 2 heterocycles. The molecule has 1 aromatic carbocycles. The van der Waals surface area contributed by atoms with Crippen molar-refractivity contribution in [2.24, 2.45) is 4.99 Å². The van der Waals surface area contributed by atoms with Crippen LogP contribution in [0.5, 0.6) is 0 Å². The van der Waals surface area contributed by atoms with Crippen LogP contribution in [0.1, 0.15) is 13.3 Å². The number of benzene rings is 1. The summed E-state index contributed by atoms with van der Waals surface area (Å²) in [5.74, 6) is -0.0481. The fourth-order valence-electron chi connectivity index (χ4n) is 1.99. The number of thioether (sulfide) groups is 1. The lowest BCUT2D eigenvalue weighted by Gasteiger charge is -2.05. The van der Waals surface area contributed by atoms with E-state index in [1.807, 2.05) is 6.92 Å². The minimum Gasteiger partial charge on any atom is -0.304 e. The van der Waals surface area contributed by atoms with Gasteiger partial charge in [0.05, 0.1) is 15.8 Å². The van der Waals surface area contributed by atoms with Gasteiger partial charge < -0.3 is 5.32 Å². The van der Waals surface area contributed by atoms with Crippen LogP contribution in [0.15, 0.2) is 45.7 Å². The van der Waals surface area contributed by atoms with Crippen LogP contribution in [-0.4, -0.2) is 29.7 Å². The molecule has 7 nitrogen and oxygen atoms in total. The predicted molar refractivity (Wildman–Crippen MR) is 96.3 cm³/mol. The van der Waals surface area contributed by atoms with Crippen molar-refractivity contribution < 1.29 is 13.2 Å². The molecule has 1 fully saturated rings. The van der Waals surface area contributed by atoms with E-state index in [2.05, 4.69) is 20.0 Å². The van der Waals surface area contributed by atoms with Crippen LogP contribution in [0, 0.1) is 0 Å². The van der Waals surface area contributed by atoms with Crippen molar-refractivity contribution in [1.82, 2.24) is 10.3 Å². The zero-order chi connectivity index (χ0) is 17.2. The number of hydrogen-bond acceptors (Lipinski definition) is 7. The maximum atomic E-state index is 12.2. The van der Waals surface area contributed by atoms with Crippen LogP contribution in [-0.2, 0) is 14.8 Å². The number of anilines is 1. The van der Waals surface area contributed by atoms with Crippen LogP contribution in [0.3, 0.4) is 0 Å². The highest BCUT2D eigenvalue weighted by Crippen LogP contribution is 2.26. The normalized spacial score (nSPS) is 19.5. The van der Waals surface area contributed by atoms with Gasteiger partial charge in [-0.3, -0.25) is 9.52 Å². The summed E-state index contributed by atoms with van der Waals surface area (Å²) in [6.45, 7) is 1.94. The molecule has 126 valence electrons. The van der Waals surface area contributed by atoms with Gasteiger partial charge in [0.15, 0.2) is 10.3 Å². The van der Waals surface area contributed by atoms with E-state index in [0.717, 1.165) is 6.42 Å². The predicted octanol–water partition coefficient (Wildman–Crippen LogP) is 2.57. The topological polar surface area (TPSA) is 101 Å². The number of carbonyl (C=O) groups excluding carboxylic acids is 1. The van der Waals surface area contributed by atoms with Gasteiger partial charge in [-0.05, 0) is 30.7 Å². The Bertz CT molecular complexity index is 861. The molecule has 1 aliphatic rings. The molecule has 0 radical (unpaired) electrons. The summed E-state index contributed by atoms with van der Waals surface area (Å²) in [5, 5.41) is 5.13. The summed E-state index contributed by atoms with van der Waals surface area (Å²) >= 11 is 2.58. The van der Waals surface area contributed by atoms with E-state index in [4.69, 9.17) is 0 Å². The van der Waals surface area contributed by atoms with E-state index in [-0.39, 0.29) is 16.1 Å². The summed E-state index contributed by atoms with van der Waals surface area (Å²) in [6, 6.07) is 6.12. The van der Waals surface area contributed by atoms with Gasteiger partial charge in [-0.2, -0.15) is 0 Å². The largest absolute Gasteiger partial charge is 0.304 e. The lowest BCUT2D eigenvalue weighted by molar-refractivity contribution is -0.118. The van der Waals surface area contributed by atoms with Gasteiger partial charge in [0.2, 0.25) is 5.91 Å². The second kappa shape index (κ2) is 6.91. The number of aliphatic imine (C=N–C) groups is 1. The molecule has 1 unspecified atom stereocenters. The third-order valence-corrected chi connectivity index (χ3v) is 6.60. The van der Waals surface area contributed by atoms with E-state index in [9.17, 15) is 13.2 Å². The molecule has 1 atom stereocenters. The number of hydrogen-bond donors (Lipinski definition) is 2. The van der Waals surface area contributed by atoms with Crippen molar-refractivity contribution in [3.05, 3.63) is 35.8 Å². The summed E-state index contributed by atoms with van der Waals surface area (Å²) in [4.78, 5) is 20.0. The van der Waals surface area contributed by atoms with Crippen LogP contribution >= 0.6 is 23.1 Å². The van der Waals surface area contributed by atoms with E-state index in [0.29, 0.717) is 16.0 Å². The Labute approximate surface area is 147 Å². The van der Waals surface area contributed by atoms with Gasteiger partial charge in [-0.15, -0.1) is 11.3 Å². The molecular weight excluding hydrogens is 368 g/mol. The lowest BCUT2D eigenvalue weighted by Crippen LogP contribution is -2.24. The molecule has 0 bridgehead atoms. The molecule has 1 saturated heterocycles. The fourth-order valence-corrected chi connectivity index (χ4v) is 4.70. The van der Waals surface area contributed by atoms with Crippen LogP contribution in [0.2, 0.25) is 0 Å². The zero-order valence-corrected chi connectivity index (χ0v) is 15.0. The number of nitrogens with one attached hydrogen (secondary N) is 2. The SMILES string of the molecule is CCC1SC(=Nc2ccc(S(=O)(=O)Nc3nccs3)cc2)NC1=O. The fraction of sp³-hybridized carbons (Fsp3) is 0.214. The van der Waals surface area contributed by atoms with E-state index in [1.165, 1.54) is 41.4 Å². The number of amidine groups is 1. The van der Waals surface area contributed by atoms with E-state index >= 15 is 0 Å². The third kappa shape index (κ3) is 3.77. The lowest BCUT2D eigenvalue weighted by atomic mass is 10.3. The van der Waals surface area contributed by atoms with Crippen molar-refractivity contribution in [3.63, 3.8) is 0 Å². The van der Waals surface area contributed by atoms with Crippen molar-refractivity contribution in [1.29, 1.82) is 0 Å². The third-order valence-electron chi connectivity index (χ3n) is 3.18. The number of aromatic nitrogens is 1. The number of carbonyl (C=O) groups is 1. The molecular formula is C14H14N4O3S3. The molecule has 1 amide bonds. The second-order valence-electron chi connectivity index (χ2n) is 4.86. The quantitative estimate of drug-likeness (QED) is 0.828. The highest BCUT2D eigenvalue weighted by atomic mass is 32.2. The zero-order valence-electron chi connectivity index (χ0n) is 12.6. The molecule has 0 spiro atoms. The van der Waals surface area contributed by atoms with Crippen molar-refractivity contribution >= 4 is 55.0 Å². The first-order valence-corrected chi connectivity index (χ1v) is 10.3. The van der Waals surface area contributed by atoms with Gasteiger partial charge in [0.25, 0.3) is 10.0 Å². The smallest absolute Gasteiger partial charge is 0.263 e. The Hall–Kier alpha value is -1.91. The highest BCUT2D eigenvalue weighted by Gasteiger charge is 2.28. The number of thiazole rings is 1. The average Bonchev–Trinajstić information content (AvgIpc) is 3.17. The van der Waals surface area contributed by atoms with Crippen molar-refractivity contribution in [3.8, 4) is 0 Å². The van der Waals surface area contributed by atoms with Crippen molar-refractivity contribution in [2.45, 2.75) is 23.5 Å².